The van der Waals surface area contributed by atoms with Gasteiger partial charge < -0.3 is 4.98 Å². The number of H-pyrrole nitrogens is 1. The maximum Gasteiger partial charge on any atom is 0.137 e. The van der Waals surface area contributed by atoms with Gasteiger partial charge in [-0.2, -0.15) is 0 Å². The smallest absolute Gasteiger partial charge is 0.137 e. The fourth-order valence-corrected chi connectivity index (χ4v) is 3.92. The van der Waals surface area contributed by atoms with Crippen LogP contribution in [0.3, 0.4) is 0 Å². The van der Waals surface area contributed by atoms with Crippen molar-refractivity contribution in [3.8, 4) is 21.7 Å². The molecule has 5 heteroatoms. The minimum absolute atomic E-state index is 0.231. The van der Waals surface area contributed by atoms with Gasteiger partial charge in [-0.15, -0.1) is 11.3 Å². The van der Waals surface area contributed by atoms with Crippen molar-refractivity contribution in [3.05, 3.63) is 72.8 Å². The number of benzene rings is 2. The van der Waals surface area contributed by atoms with Crippen LogP contribution >= 0.6 is 11.3 Å². The molecule has 1 N–H and O–H groups in total. The number of aromatic amines is 1. The van der Waals surface area contributed by atoms with Crippen LogP contribution in [-0.2, 0) is 0 Å². The Hall–Kier alpha value is -3.05. The quantitative estimate of drug-likeness (QED) is 0.449. The molecule has 0 radical (unpaired) electrons. The van der Waals surface area contributed by atoms with Crippen molar-refractivity contribution in [3.63, 3.8) is 0 Å². The molecule has 0 amide bonds. The van der Waals surface area contributed by atoms with Gasteiger partial charge in [0.15, 0.2) is 0 Å². The van der Waals surface area contributed by atoms with Gasteiger partial charge in [0.05, 0.1) is 10.2 Å². The van der Waals surface area contributed by atoms with Gasteiger partial charge in [-0.3, -0.25) is 0 Å². The zero-order valence-corrected chi connectivity index (χ0v) is 13.8. The summed E-state index contributed by atoms with van der Waals surface area (Å²) >= 11 is 1.50. The lowest BCUT2D eigenvalue weighted by Gasteiger charge is -2.03. The molecule has 0 aliphatic carbocycles. The average Bonchev–Trinajstić information content (AvgIpc) is 3.27. The van der Waals surface area contributed by atoms with E-state index in [1.807, 2.05) is 30.6 Å². The Morgan fingerprint density at radius 1 is 0.880 bits per heavy atom. The summed E-state index contributed by atoms with van der Waals surface area (Å²) in [6, 6.07) is 17.1. The van der Waals surface area contributed by atoms with Crippen LogP contribution < -0.4 is 0 Å². The molecule has 0 spiro atoms. The van der Waals surface area contributed by atoms with Crippen molar-refractivity contribution in [1.82, 2.24) is 15.0 Å². The van der Waals surface area contributed by atoms with Gasteiger partial charge in [0, 0.05) is 28.9 Å². The molecule has 5 aromatic rings. The topological polar surface area (TPSA) is 41.6 Å². The number of thiazole rings is 1. The fourth-order valence-electron chi connectivity index (χ4n) is 2.92. The van der Waals surface area contributed by atoms with E-state index in [9.17, 15) is 4.39 Å². The summed E-state index contributed by atoms with van der Waals surface area (Å²) in [6.07, 6.45) is 3.76. The second kappa shape index (κ2) is 5.50. The molecular formula is C20H12FN3S. The number of nitrogens with one attached hydrogen (secondary N) is 1. The lowest BCUT2D eigenvalue weighted by Crippen LogP contribution is -1.82. The standard InChI is InChI=1S/C20H12FN3S/c21-16-5-6-17-18(10-16)25-20(24-17)13-3-1-12(2-4-13)15-9-14-7-8-22-19(14)23-11-15/h1-11H,(H,22,23). The monoisotopic (exact) mass is 345 g/mol. The van der Waals surface area contributed by atoms with Gasteiger partial charge in [-0.25, -0.2) is 14.4 Å². The first-order valence-corrected chi connectivity index (χ1v) is 8.68. The largest absolute Gasteiger partial charge is 0.346 e. The van der Waals surface area contributed by atoms with Crippen molar-refractivity contribution in [2.24, 2.45) is 0 Å². The summed E-state index contributed by atoms with van der Waals surface area (Å²) in [5.41, 5.74) is 4.92. The number of halogens is 1. The summed E-state index contributed by atoms with van der Waals surface area (Å²) in [5, 5.41) is 1.99. The van der Waals surface area contributed by atoms with Crippen molar-refractivity contribution < 1.29 is 4.39 Å². The van der Waals surface area contributed by atoms with E-state index < -0.39 is 0 Å². The van der Waals surface area contributed by atoms with Gasteiger partial charge in [-0.1, -0.05) is 24.3 Å². The van der Waals surface area contributed by atoms with Crippen LogP contribution in [0.15, 0.2) is 67.0 Å². The first kappa shape index (κ1) is 14.3. The molecule has 0 bridgehead atoms. The Bertz CT molecular complexity index is 1200. The van der Waals surface area contributed by atoms with Gasteiger partial charge in [0.25, 0.3) is 0 Å². The highest BCUT2D eigenvalue weighted by Crippen LogP contribution is 2.32. The third-order valence-electron chi connectivity index (χ3n) is 4.22. The lowest BCUT2D eigenvalue weighted by atomic mass is 10.1. The minimum Gasteiger partial charge on any atom is -0.346 e. The van der Waals surface area contributed by atoms with Crippen molar-refractivity contribution >= 4 is 32.6 Å². The summed E-state index contributed by atoms with van der Waals surface area (Å²) in [4.78, 5) is 12.1. The zero-order valence-electron chi connectivity index (χ0n) is 13.0. The molecule has 3 heterocycles. The van der Waals surface area contributed by atoms with E-state index in [0.29, 0.717) is 0 Å². The van der Waals surface area contributed by atoms with Crippen molar-refractivity contribution in [2.45, 2.75) is 0 Å². The Balaban J connectivity index is 1.53. The summed E-state index contributed by atoms with van der Waals surface area (Å²) in [7, 11) is 0. The first-order valence-electron chi connectivity index (χ1n) is 7.86. The normalized spacial score (nSPS) is 11.4. The van der Waals surface area contributed by atoms with E-state index in [1.54, 1.807) is 6.07 Å². The summed E-state index contributed by atoms with van der Waals surface area (Å²) in [5.74, 6) is -0.231. The lowest BCUT2D eigenvalue weighted by molar-refractivity contribution is 0.630. The molecule has 0 saturated carbocycles. The van der Waals surface area contributed by atoms with Crippen LogP contribution in [0.25, 0.3) is 42.9 Å². The van der Waals surface area contributed by atoms with Crippen LogP contribution in [0.2, 0.25) is 0 Å². The Labute approximate surface area is 146 Å². The SMILES string of the molecule is Fc1ccc2nc(-c3ccc(-c4cnc5[nH]ccc5c4)cc3)sc2c1. The molecule has 120 valence electrons. The highest BCUT2D eigenvalue weighted by molar-refractivity contribution is 7.21. The highest BCUT2D eigenvalue weighted by atomic mass is 32.1. The van der Waals surface area contributed by atoms with Gasteiger partial charge in [-0.05, 0) is 35.9 Å². The molecule has 2 aromatic carbocycles. The van der Waals surface area contributed by atoms with Gasteiger partial charge in [0.2, 0.25) is 0 Å². The number of pyridine rings is 1. The third-order valence-corrected chi connectivity index (χ3v) is 5.28. The summed E-state index contributed by atoms with van der Waals surface area (Å²) < 4.78 is 14.2. The number of fused-ring (bicyclic) bond motifs is 2. The van der Waals surface area contributed by atoms with Gasteiger partial charge in [0.1, 0.15) is 16.5 Å². The second-order valence-electron chi connectivity index (χ2n) is 5.85. The minimum atomic E-state index is -0.231. The molecular weight excluding hydrogens is 333 g/mol. The Morgan fingerprint density at radius 3 is 2.60 bits per heavy atom. The maximum absolute atomic E-state index is 13.3. The predicted molar refractivity (Wildman–Crippen MR) is 100 cm³/mol. The van der Waals surface area contributed by atoms with Gasteiger partial charge >= 0.3 is 0 Å². The molecule has 3 nitrogen and oxygen atoms in total. The molecule has 0 aliphatic heterocycles. The molecule has 0 saturated heterocycles. The number of hydrogen-bond donors (Lipinski definition) is 1. The average molecular weight is 345 g/mol. The van der Waals surface area contributed by atoms with Crippen molar-refractivity contribution in [1.29, 1.82) is 0 Å². The van der Waals surface area contributed by atoms with E-state index in [4.69, 9.17) is 0 Å². The van der Waals surface area contributed by atoms with Crippen LogP contribution in [-0.4, -0.2) is 15.0 Å². The number of aromatic nitrogens is 3. The summed E-state index contributed by atoms with van der Waals surface area (Å²) in [6.45, 7) is 0. The number of rotatable bonds is 2. The van der Waals surface area contributed by atoms with E-state index in [2.05, 4.69) is 33.2 Å². The third kappa shape index (κ3) is 2.49. The van der Waals surface area contributed by atoms with Crippen LogP contribution in [0.4, 0.5) is 4.39 Å². The van der Waals surface area contributed by atoms with Crippen molar-refractivity contribution in [2.75, 3.05) is 0 Å². The fraction of sp³-hybridized carbons (Fsp3) is 0. The molecule has 5 rings (SSSR count). The molecule has 25 heavy (non-hydrogen) atoms. The number of nitrogens with zero attached hydrogens (tertiary/aromatic N) is 2. The second-order valence-corrected chi connectivity index (χ2v) is 6.88. The Kier molecular flexibility index (Phi) is 3.15. The Morgan fingerprint density at radius 2 is 1.72 bits per heavy atom. The van der Waals surface area contributed by atoms with E-state index in [0.717, 1.165) is 42.9 Å². The van der Waals surface area contributed by atoms with Crippen LogP contribution in [0.1, 0.15) is 0 Å². The molecule has 0 unspecified atom stereocenters. The maximum atomic E-state index is 13.3. The molecule has 3 aromatic heterocycles. The van der Waals surface area contributed by atoms with E-state index >= 15 is 0 Å². The zero-order chi connectivity index (χ0) is 16.8. The number of hydrogen-bond acceptors (Lipinski definition) is 3. The first-order chi connectivity index (χ1) is 12.3. The van der Waals surface area contributed by atoms with E-state index in [-0.39, 0.29) is 5.82 Å². The molecule has 0 aliphatic rings. The molecule has 0 fully saturated rings. The highest BCUT2D eigenvalue weighted by Gasteiger charge is 2.08. The predicted octanol–water partition coefficient (Wildman–Crippen LogP) is 5.65. The molecule has 0 atom stereocenters. The van der Waals surface area contributed by atoms with E-state index in [1.165, 1.54) is 23.5 Å². The van der Waals surface area contributed by atoms with Crippen LogP contribution in [0, 0.1) is 5.82 Å². The van der Waals surface area contributed by atoms with Crippen LogP contribution in [0.5, 0.6) is 0 Å².